The largest absolute Gasteiger partial charge is 0.320 e. The summed E-state index contributed by atoms with van der Waals surface area (Å²) >= 11 is 0. The Balaban J connectivity index is 1.67. The monoisotopic (exact) mass is 340 g/mol. The standard InChI is InChI=1S/C20H24N2O3/c23-20(21-17-13-9-10-14-18(17)22(24)25)19-15-11-7-5-3-1-2-4-6-8-12-16(15)19/h3-6,9-10,13-16,19H,1-2,7-8,11-12H2,(H,21,23). The smallest absolute Gasteiger partial charge is 0.292 e. The number of nitrogens with one attached hydrogen (secondary N) is 1. The average molecular weight is 340 g/mol. The van der Waals surface area contributed by atoms with Crippen molar-refractivity contribution in [2.24, 2.45) is 17.8 Å². The average Bonchev–Trinajstić information content (AvgIpc) is 3.27. The number of benzene rings is 1. The van der Waals surface area contributed by atoms with Gasteiger partial charge in [0.2, 0.25) is 5.91 Å². The van der Waals surface area contributed by atoms with Crippen LogP contribution in [0.1, 0.15) is 38.5 Å². The van der Waals surface area contributed by atoms with Crippen molar-refractivity contribution < 1.29 is 9.72 Å². The van der Waals surface area contributed by atoms with Crippen LogP contribution in [0.3, 0.4) is 0 Å². The van der Waals surface area contributed by atoms with Crippen LogP contribution in [-0.4, -0.2) is 10.8 Å². The van der Waals surface area contributed by atoms with Crippen LogP contribution < -0.4 is 5.32 Å². The number of nitrogens with zero attached hydrogens (tertiary/aromatic N) is 1. The van der Waals surface area contributed by atoms with Crippen LogP contribution in [0, 0.1) is 27.9 Å². The van der Waals surface area contributed by atoms with E-state index in [9.17, 15) is 14.9 Å². The third kappa shape index (κ3) is 4.35. The van der Waals surface area contributed by atoms with Crippen LogP contribution in [0.25, 0.3) is 0 Å². The van der Waals surface area contributed by atoms with E-state index in [2.05, 4.69) is 29.6 Å². The quantitative estimate of drug-likeness (QED) is 0.485. The predicted octanol–water partition coefficient (Wildman–Crippen LogP) is 4.86. The lowest BCUT2D eigenvalue weighted by Crippen LogP contribution is -2.16. The molecule has 1 fully saturated rings. The maximum Gasteiger partial charge on any atom is 0.292 e. The molecule has 1 saturated carbocycles. The highest BCUT2D eigenvalue weighted by Crippen LogP contribution is 2.52. The molecule has 0 aliphatic heterocycles. The molecular formula is C20H24N2O3. The Morgan fingerprint density at radius 3 is 2.12 bits per heavy atom. The molecule has 0 bridgehead atoms. The first-order valence-corrected chi connectivity index (χ1v) is 9.03. The highest BCUT2D eigenvalue weighted by atomic mass is 16.6. The fraction of sp³-hybridized carbons (Fsp3) is 0.450. The molecule has 132 valence electrons. The van der Waals surface area contributed by atoms with Gasteiger partial charge in [-0.25, -0.2) is 0 Å². The second kappa shape index (κ2) is 8.10. The van der Waals surface area contributed by atoms with Crippen molar-refractivity contribution in [1.29, 1.82) is 0 Å². The van der Waals surface area contributed by atoms with Gasteiger partial charge in [0.15, 0.2) is 0 Å². The van der Waals surface area contributed by atoms with E-state index in [0.717, 1.165) is 38.5 Å². The van der Waals surface area contributed by atoms with Crippen molar-refractivity contribution in [1.82, 2.24) is 0 Å². The van der Waals surface area contributed by atoms with Gasteiger partial charge in [0, 0.05) is 12.0 Å². The zero-order chi connectivity index (χ0) is 17.6. The number of rotatable bonds is 3. The van der Waals surface area contributed by atoms with Gasteiger partial charge in [-0.2, -0.15) is 0 Å². The molecule has 2 aliphatic rings. The molecule has 2 unspecified atom stereocenters. The minimum Gasteiger partial charge on any atom is -0.320 e. The highest BCUT2D eigenvalue weighted by Gasteiger charge is 2.53. The highest BCUT2D eigenvalue weighted by molar-refractivity contribution is 5.96. The maximum absolute atomic E-state index is 12.7. The maximum atomic E-state index is 12.7. The Bertz CT molecular complexity index is 672. The van der Waals surface area contributed by atoms with Gasteiger partial charge in [-0.15, -0.1) is 0 Å². The van der Waals surface area contributed by atoms with Gasteiger partial charge in [-0.05, 0) is 56.4 Å². The summed E-state index contributed by atoms with van der Waals surface area (Å²) in [7, 11) is 0. The molecule has 25 heavy (non-hydrogen) atoms. The van der Waals surface area contributed by atoms with Gasteiger partial charge in [0.1, 0.15) is 5.69 Å². The second-order valence-electron chi connectivity index (χ2n) is 6.79. The van der Waals surface area contributed by atoms with Crippen molar-refractivity contribution >= 4 is 17.3 Å². The summed E-state index contributed by atoms with van der Waals surface area (Å²) in [4.78, 5) is 23.3. The first kappa shape index (κ1) is 17.4. The van der Waals surface area contributed by atoms with Crippen molar-refractivity contribution in [2.75, 3.05) is 5.32 Å². The van der Waals surface area contributed by atoms with E-state index < -0.39 is 4.92 Å². The minimum atomic E-state index is -0.456. The molecule has 3 rings (SSSR count). The van der Waals surface area contributed by atoms with Crippen LogP contribution in [0.2, 0.25) is 0 Å². The number of hydrogen-bond acceptors (Lipinski definition) is 3. The van der Waals surface area contributed by atoms with Crippen LogP contribution in [0.5, 0.6) is 0 Å². The minimum absolute atomic E-state index is 0.0256. The third-order valence-electron chi connectivity index (χ3n) is 5.16. The van der Waals surface area contributed by atoms with E-state index in [1.54, 1.807) is 18.2 Å². The molecule has 1 amide bonds. The van der Waals surface area contributed by atoms with Gasteiger partial charge in [0.25, 0.3) is 5.69 Å². The van der Waals surface area contributed by atoms with E-state index in [0.29, 0.717) is 17.5 Å². The Morgan fingerprint density at radius 1 is 0.960 bits per heavy atom. The van der Waals surface area contributed by atoms with Gasteiger partial charge in [-0.3, -0.25) is 14.9 Å². The van der Waals surface area contributed by atoms with Crippen LogP contribution in [0.15, 0.2) is 48.6 Å². The van der Waals surface area contributed by atoms with Gasteiger partial charge in [-0.1, -0.05) is 36.4 Å². The summed E-state index contributed by atoms with van der Waals surface area (Å²) in [6, 6.07) is 6.32. The lowest BCUT2D eigenvalue weighted by atomic mass is 10.1. The molecule has 0 spiro atoms. The number of nitro benzene ring substituents is 1. The van der Waals surface area contributed by atoms with Gasteiger partial charge in [0.05, 0.1) is 4.92 Å². The third-order valence-corrected chi connectivity index (χ3v) is 5.16. The number of amides is 1. The van der Waals surface area contributed by atoms with E-state index in [1.165, 1.54) is 6.07 Å². The normalized spacial score (nSPS) is 26.0. The van der Waals surface area contributed by atoms with E-state index in [-0.39, 0.29) is 17.5 Å². The van der Waals surface area contributed by atoms with E-state index in [4.69, 9.17) is 0 Å². The number of para-hydroxylation sites is 2. The van der Waals surface area contributed by atoms with Crippen molar-refractivity contribution in [3.63, 3.8) is 0 Å². The Labute approximate surface area is 148 Å². The predicted molar refractivity (Wildman–Crippen MR) is 98.2 cm³/mol. The lowest BCUT2D eigenvalue weighted by Gasteiger charge is -2.05. The molecule has 1 N–H and O–H groups in total. The topological polar surface area (TPSA) is 72.2 Å². The first-order valence-electron chi connectivity index (χ1n) is 9.03. The molecule has 1 aromatic carbocycles. The van der Waals surface area contributed by atoms with Crippen molar-refractivity contribution in [2.45, 2.75) is 38.5 Å². The number of carbonyl (C=O) groups is 1. The molecule has 0 saturated heterocycles. The van der Waals surface area contributed by atoms with Gasteiger partial charge >= 0.3 is 0 Å². The number of carbonyl (C=O) groups excluding carboxylic acids is 1. The summed E-state index contributed by atoms with van der Waals surface area (Å²) in [6.45, 7) is 0. The van der Waals surface area contributed by atoms with Crippen molar-refractivity contribution in [3.05, 3.63) is 58.7 Å². The van der Waals surface area contributed by atoms with Crippen LogP contribution >= 0.6 is 0 Å². The lowest BCUT2D eigenvalue weighted by molar-refractivity contribution is -0.383. The summed E-state index contributed by atoms with van der Waals surface area (Å²) in [5.74, 6) is 0.676. The first-order chi connectivity index (χ1) is 12.2. The number of hydrogen-bond donors (Lipinski definition) is 1. The molecule has 0 aromatic heterocycles. The molecule has 1 aromatic rings. The molecule has 0 radical (unpaired) electrons. The Kier molecular flexibility index (Phi) is 5.64. The zero-order valence-electron chi connectivity index (χ0n) is 14.3. The van der Waals surface area contributed by atoms with E-state index in [1.807, 2.05) is 0 Å². The zero-order valence-corrected chi connectivity index (χ0v) is 14.3. The fourth-order valence-electron chi connectivity index (χ4n) is 3.82. The Hall–Kier alpha value is -2.43. The second-order valence-corrected chi connectivity index (χ2v) is 6.79. The molecular weight excluding hydrogens is 316 g/mol. The number of nitro groups is 1. The summed E-state index contributed by atoms with van der Waals surface area (Å²) in [5, 5.41) is 13.9. The Morgan fingerprint density at radius 2 is 1.52 bits per heavy atom. The molecule has 5 nitrogen and oxygen atoms in total. The summed E-state index contributed by atoms with van der Waals surface area (Å²) < 4.78 is 0. The molecule has 2 atom stereocenters. The van der Waals surface area contributed by atoms with Gasteiger partial charge < -0.3 is 5.32 Å². The van der Waals surface area contributed by atoms with E-state index >= 15 is 0 Å². The SMILES string of the molecule is O=C(Nc1ccccc1[N+](=O)[O-])C1C2CCC=CCCC=CCCC21. The molecule has 2 aliphatic carbocycles. The van der Waals surface area contributed by atoms with Crippen molar-refractivity contribution in [3.8, 4) is 0 Å². The number of fused-ring (bicyclic) bond motifs is 1. The molecule has 0 heterocycles. The fourth-order valence-corrected chi connectivity index (χ4v) is 3.82. The number of anilines is 1. The van der Waals surface area contributed by atoms with Crippen LogP contribution in [-0.2, 0) is 4.79 Å². The summed E-state index contributed by atoms with van der Waals surface area (Å²) in [5.41, 5.74) is 0.237. The number of allylic oxidation sites excluding steroid dienone is 4. The van der Waals surface area contributed by atoms with Crippen LogP contribution in [0.4, 0.5) is 11.4 Å². The molecule has 5 heteroatoms. The summed E-state index contributed by atoms with van der Waals surface area (Å²) in [6.07, 6.45) is 15.0.